The summed E-state index contributed by atoms with van der Waals surface area (Å²) in [6, 6.07) is 12.7. The van der Waals surface area contributed by atoms with E-state index in [1.807, 2.05) is 0 Å². The molecule has 0 bridgehead atoms. The second-order valence-electron chi connectivity index (χ2n) is 11.0. The van der Waals surface area contributed by atoms with Gasteiger partial charge < -0.3 is 4.90 Å². The van der Waals surface area contributed by atoms with Crippen LogP contribution in [0.25, 0.3) is 6.08 Å². The van der Waals surface area contributed by atoms with E-state index in [0.717, 1.165) is 15.4 Å². The minimum atomic E-state index is -1.97. The van der Waals surface area contributed by atoms with Gasteiger partial charge in [-0.05, 0) is 53.6 Å². The van der Waals surface area contributed by atoms with Gasteiger partial charge in [0, 0.05) is 16.0 Å². The third-order valence-electron chi connectivity index (χ3n) is 7.73. The average molecular weight is 514 g/mol. The SMILES string of the molecule is Cc1ccc2c(c1)[Si](C)(C)c1cc(C)cc3c1N2c1sc(C=C2C(=O)NC(=O)NC2=O)cc1C3(C)C. The van der Waals surface area contributed by atoms with E-state index in [0.29, 0.717) is 0 Å². The second-order valence-corrected chi connectivity index (χ2v) is 16.4. The van der Waals surface area contributed by atoms with Crippen LogP contribution in [-0.2, 0) is 15.0 Å². The molecule has 3 aliphatic heterocycles. The molecule has 1 fully saturated rings. The van der Waals surface area contributed by atoms with Crippen molar-refractivity contribution >= 4 is 70.1 Å². The molecule has 4 amide bonds. The Morgan fingerprint density at radius 3 is 2.25 bits per heavy atom. The minimum absolute atomic E-state index is 0.0664. The van der Waals surface area contributed by atoms with Crippen molar-refractivity contribution in [3.8, 4) is 0 Å². The molecule has 0 radical (unpaired) electrons. The predicted molar refractivity (Wildman–Crippen MR) is 147 cm³/mol. The van der Waals surface area contributed by atoms with Gasteiger partial charge in [0.2, 0.25) is 0 Å². The number of hydrogen-bond acceptors (Lipinski definition) is 5. The number of carbonyl (C=O) groups is 3. The van der Waals surface area contributed by atoms with Crippen molar-refractivity contribution in [3.05, 3.63) is 69.1 Å². The number of carbonyl (C=O) groups excluding carboxylic acids is 3. The van der Waals surface area contributed by atoms with Crippen LogP contribution in [0.5, 0.6) is 0 Å². The van der Waals surface area contributed by atoms with E-state index in [1.54, 1.807) is 17.4 Å². The van der Waals surface area contributed by atoms with E-state index in [-0.39, 0.29) is 11.0 Å². The molecule has 3 aliphatic rings. The van der Waals surface area contributed by atoms with E-state index in [2.05, 4.69) is 92.7 Å². The fourth-order valence-electron chi connectivity index (χ4n) is 5.77. The number of nitrogens with one attached hydrogen (secondary N) is 2. The maximum atomic E-state index is 12.4. The van der Waals surface area contributed by atoms with Crippen LogP contribution >= 0.6 is 11.3 Å². The molecule has 2 N–H and O–H groups in total. The monoisotopic (exact) mass is 513 g/mol. The Hall–Kier alpha value is -3.49. The fourth-order valence-corrected chi connectivity index (χ4v) is 10.2. The Balaban J connectivity index is 1.62. The molecule has 0 aliphatic carbocycles. The smallest absolute Gasteiger partial charge is 0.302 e. The van der Waals surface area contributed by atoms with Gasteiger partial charge in [0.15, 0.2) is 0 Å². The highest BCUT2D eigenvalue weighted by Gasteiger charge is 2.47. The standard InChI is InChI=1S/C28H27N3O3SSi/c1-14-7-8-20-21(10-14)36(5,6)22-11-15(2)9-18-23(22)31(20)26-19(28(18,3)4)13-16(35-26)12-17-24(32)29-27(34)30-25(17)33/h7-13H,1-6H3,(H2,29,30,32,33,34). The van der Waals surface area contributed by atoms with Gasteiger partial charge in [-0.15, -0.1) is 11.3 Å². The Morgan fingerprint density at radius 1 is 0.889 bits per heavy atom. The largest absolute Gasteiger partial charge is 0.328 e. The lowest BCUT2D eigenvalue weighted by atomic mass is 9.75. The highest BCUT2D eigenvalue weighted by atomic mass is 32.1. The number of rotatable bonds is 1. The zero-order valence-corrected chi connectivity index (χ0v) is 22.9. The second kappa shape index (κ2) is 7.27. The number of hydrogen-bond donors (Lipinski definition) is 2. The van der Waals surface area contributed by atoms with Gasteiger partial charge in [-0.3, -0.25) is 20.2 Å². The van der Waals surface area contributed by atoms with Gasteiger partial charge in [0.25, 0.3) is 11.8 Å². The molecule has 0 atom stereocenters. The van der Waals surface area contributed by atoms with Crippen LogP contribution in [0.3, 0.4) is 0 Å². The Morgan fingerprint density at radius 2 is 1.56 bits per heavy atom. The van der Waals surface area contributed by atoms with Crippen molar-refractivity contribution in [1.82, 2.24) is 10.6 Å². The molecular formula is C28H27N3O3SSi. The maximum absolute atomic E-state index is 12.4. The quantitative estimate of drug-likeness (QED) is 0.288. The lowest BCUT2D eigenvalue weighted by Gasteiger charge is -2.48. The summed E-state index contributed by atoms with van der Waals surface area (Å²) in [4.78, 5) is 39.5. The Bertz CT molecular complexity index is 1560. The highest BCUT2D eigenvalue weighted by Crippen LogP contribution is 2.56. The molecule has 1 aromatic heterocycles. The number of thiophene rings is 1. The van der Waals surface area contributed by atoms with Crippen molar-refractivity contribution in [1.29, 1.82) is 0 Å². The van der Waals surface area contributed by atoms with Crippen molar-refractivity contribution in [2.24, 2.45) is 0 Å². The first-order chi connectivity index (χ1) is 16.9. The summed E-state index contributed by atoms with van der Waals surface area (Å²) in [5, 5.41) is 8.28. The summed E-state index contributed by atoms with van der Waals surface area (Å²) < 4.78 is 0. The van der Waals surface area contributed by atoms with Gasteiger partial charge in [0.05, 0.1) is 5.69 Å². The first-order valence-corrected chi connectivity index (χ1v) is 15.8. The topological polar surface area (TPSA) is 78.5 Å². The van der Waals surface area contributed by atoms with Crippen LogP contribution in [0, 0.1) is 13.8 Å². The van der Waals surface area contributed by atoms with E-state index in [9.17, 15) is 14.4 Å². The number of imide groups is 2. The molecule has 36 heavy (non-hydrogen) atoms. The Kier molecular flexibility index (Phi) is 4.63. The van der Waals surface area contributed by atoms with Crippen LogP contribution < -0.4 is 25.9 Å². The van der Waals surface area contributed by atoms with Crippen molar-refractivity contribution in [2.45, 2.75) is 46.2 Å². The number of nitrogens with zero attached hydrogens (tertiary/aromatic N) is 1. The predicted octanol–water partition coefficient (Wildman–Crippen LogP) is 4.36. The van der Waals surface area contributed by atoms with E-state index in [4.69, 9.17) is 0 Å². The molecule has 0 saturated carbocycles. The molecule has 3 aromatic rings. The number of amides is 4. The third-order valence-corrected chi connectivity index (χ3v) is 12.3. The number of anilines is 3. The average Bonchev–Trinajstić information content (AvgIpc) is 3.21. The number of barbiturate groups is 1. The molecular weight excluding hydrogens is 486 g/mol. The summed E-state index contributed by atoms with van der Waals surface area (Å²) >= 11 is 1.57. The van der Waals surface area contributed by atoms with E-state index in [1.165, 1.54) is 38.4 Å². The zero-order valence-electron chi connectivity index (χ0n) is 21.1. The number of urea groups is 1. The summed E-state index contributed by atoms with van der Waals surface area (Å²) in [6.07, 6.45) is 1.59. The van der Waals surface area contributed by atoms with Crippen LogP contribution in [0.15, 0.2) is 42.0 Å². The molecule has 182 valence electrons. The highest BCUT2D eigenvalue weighted by molar-refractivity contribution is 7.17. The van der Waals surface area contributed by atoms with Crippen LogP contribution in [0.1, 0.15) is 41.0 Å². The van der Waals surface area contributed by atoms with Crippen molar-refractivity contribution < 1.29 is 14.4 Å². The lowest BCUT2D eigenvalue weighted by Crippen LogP contribution is -2.60. The van der Waals surface area contributed by atoms with Gasteiger partial charge >= 0.3 is 6.03 Å². The number of aryl methyl sites for hydroxylation is 2. The van der Waals surface area contributed by atoms with Crippen LogP contribution in [-0.4, -0.2) is 25.9 Å². The summed E-state index contributed by atoms with van der Waals surface area (Å²) in [6.45, 7) is 13.7. The first-order valence-electron chi connectivity index (χ1n) is 12.0. The zero-order chi connectivity index (χ0) is 25.7. The van der Waals surface area contributed by atoms with Gasteiger partial charge in [-0.1, -0.05) is 62.3 Å². The first kappa shape index (κ1) is 22.9. The van der Waals surface area contributed by atoms with E-state index >= 15 is 0 Å². The van der Waals surface area contributed by atoms with Gasteiger partial charge in [0.1, 0.15) is 18.6 Å². The maximum Gasteiger partial charge on any atom is 0.328 e. The molecule has 0 unspecified atom stereocenters. The fraction of sp³-hybridized carbons (Fsp3) is 0.250. The van der Waals surface area contributed by atoms with E-state index < -0.39 is 25.9 Å². The summed E-state index contributed by atoms with van der Waals surface area (Å²) in [5.41, 5.74) is 7.13. The van der Waals surface area contributed by atoms with Gasteiger partial charge in [-0.2, -0.15) is 0 Å². The number of benzene rings is 2. The molecule has 6 nitrogen and oxygen atoms in total. The van der Waals surface area contributed by atoms with Crippen molar-refractivity contribution in [3.63, 3.8) is 0 Å². The number of fused-ring (bicyclic) bond motifs is 4. The van der Waals surface area contributed by atoms with Gasteiger partial charge in [-0.25, -0.2) is 4.79 Å². The minimum Gasteiger partial charge on any atom is -0.302 e. The van der Waals surface area contributed by atoms with Crippen LogP contribution in [0.2, 0.25) is 13.1 Å². The van der Waals surface area contributed by atoms with Crippen molar-refractivity contribution in [2.75, 3.05) is 4.90 Å². The normalized spacial score (nSPS) is 18.7. The third kappa shape index (κ3) is 3.04. The molecule has 1 saturated heterocycles. The molecule has 2 aromatic carbocycles. The van der Waals surface area contributed by atoms with Crippen LogP contribution in [0.4, 0.5) is 21.2 Å². The summed E-state index contributed by atoms with van der Waals surface area (Å²) in [5.74, 6) is -1.36. The Labute approximate surface area is 215 Å². The molecule has 0 spiro atoms. The molecule has 4 heterocycles. The molecule has 8 heteroatoms. The molecule has 6 rings (SSSR count). The summed E-state index contributed by atoms with van der Waals surface area (Å²) in [7, 11) is -1.97. The lowest BCUT2D eigenvalue weighted by molar-refractivity contribution is -0.123.